The molecule has 0 saturated carbocycles. The van der Waals surface area contributed by atoms with E-state index in [2.05, 4.69) is 4.74 Å². The van der Waals surface area contributed by atoms with E-state index in [-0.39, 0.29) is 5.56 Å². The van der Waals surface area contributed by atoms with E-state index < -0.39 is 17.7 Å². The minimum Gasteiger partial charge on any atom is -0.465 e. The number of aliphatic hydroxyl groups is 1. The third kappa shape index (κ3) is 3.23. The molecule has 4 nitrogen and oxygen atoms in total. The van der Waals surface area contributed by atoms with Crippen LogP contribution in [0.1, 0.15) is 10.4 Å². The van der Waals surface area contributed by atoms with Crippen molar-refractivity contribution in [1.82, 2.24) is 0 Å². The van der Waals surface area contributed by atoms with Crippen LogP contribution in [0.5, 0.6) is 0 Å². The second-order valence-corrected chi connectivity index (χ2v) is 4.30. The fourth-order valence-electron chi connectivity index (χ4n) is 1.01. The number of rotatable bonds is 3. The predicted octanol–water partition coefficient (Wildman–Crippen LogP) is 1.74. The number of halogens is 1. The molecule has 0 spiro atoms. The first-order chi connectivity index (χ1) is 7.58. The van der Waals surface area contributed by atoms with Gasteiger partial charge in [0.05, 0.1) is 12.7 Å². The molecule has 0 aromatic heterocycles. The highest BCUT2D eigenvalue weighted by Gasteiger charge is 2.15. The van der Waals surface area contributed by atoms with Gasteiger partial charge in [0.2, 0.25) is 5.12 Å². The summed E-state index contributed by atoms with van der Waals surface area (Å²) in [6, 6.07) is 4.48. The van der Waals surface area contributed by atoms with Crippen molar-refractivity contribution < 1.29 is 19.4 Å². The Kier molecular flexibility index (Phi) is 4.79. The van der Waals surface area contributed by atoms with Gasteiger partial charge in [-0.2, -0.15) is 0 Å². The molecule has 0 aliphatic heterocycles. The number of methoxy groups -OCH3 is 1. The molecule has 0 aliphatic rings. The van der Waals surface area contributed by atoms with Crippen molar-refractivity contribution in [3.8, 4) is 0 Å². The van der Waals surface area contributed by atoms with Crippen LogP contribution in [-0.4, -0.2) is 29.9 Å². The van der Waals surface area contributed by atoms with E-state index >= 15 is 0 Å². The molecule has 0 unspecified atom stereocenters. The normalized spacial score (nSPS) is 9.94. The van der Waals surface area contributed by atoms with Gasteiger partial charge in [0.15, 0.2) is 0 Å². The summed E-state index contributed by atoms with van der Waals surface area (Å²) in [6.07, 6.45) is 0. The summed E-state index contributed by atoms with van der Waals surface area (Å²) in [6.45, 7) is -0.599. The van der Waals surface area contributed by atoms with Gasteiger partial charge in [-0.15, -0.1) is 0 Å². The van der Waals surface area contributed by atoms with Gasteiger partial charge >= 0.3 is 5.97 Å². The summed E-state index contributed by atoms with van der Waals surface area (Å²) in [5.74, 6) is -0.551. The maximum absolute atomic E-state index is 11.4. The lowest BCUT2D eigenvalue weighted by Gasteiger charge is -2.06. The number of carbonyl (C=O) groups is 2. The monoisotopic (exact) mass is 260 g/mol. The molecule has 1 aromatic rings. The standard InChI is InChI=1S/C10H9ClO4S/c1-15-10(14)7-3-2-6(11)4-8(7)16-9(13)5-12/h2-4,12H,5H2,1H3. The molecule has 6 heteroatoms. The number of benzene rings is 1. The molecular weight excluding hydrogens is 252 g/mol. The molecule has 0 heterocycles. The van der Waals surface area contributed by atoms with E-state index in [4.69, 9.17) is 16.7 Å². The van der Waals surface area contributed by atoms with Crippen molar-refractivity contribution in [2.45, 2.75) is 4.90 Å². The molecule has 1 aromatic carbocycles. The van der Waals surface area contributed by atoms with Crippen molar-refractivity contribution in [2.75, 3.05) is 13.7 Å². The summed E-state index contributed by atoms with van der Waals surface area (Å²) < 4.78 is 4.56. The Hall–Kier alpha value is -1.04. The highest BCUT2D eigenvalue weighted by Crippen LogP contribution is 2.27. The first-order valence-corrected chi connectivity index (χ1v) is 5.47. The summed E-state index contributed by atoms with van der Waals surface area (Å²) in [4.78, 5) is 22.8. The number of carbonyl (C=O) groups excluding carboxylic acids is 2. The minimum absolute atomic E-state index is 0.249. The second-order valence-electron chi connectivity index (χ2n) is 2.76. The topological polar surface area (TPSA) is 63.6 Å². The third-order valence-corrected chi connectivity index (χ3v) is 2.85. The van der Waals surface area contributed by atoms with E-state index in [1.807, 2.05) is 0 Å². The summed E-state index contributed by atoms with van der Waals surface area (Å²) >= 11 is 6.51. The van der Waals surface area contributed by atoms with Crippen LogP contribution in [0.2, 0.25) is 5.02 Å². The van der Waals surface area contributed by atoms with Gasteiger partial charge in [-0.1, -0.05) is 11.6 Å². The Labute approximate surface area is 102 Å². The molecule has 1 rings (SSSR count). The van der Waals surface area contributed by atoms with E-state index in [0.717, 1.165) is 11.8 Å². The average molecular weight is 261 g/mol. The fourth-order valence-corrected chi connectivity index (χ4v) is 2.01. The Bertz CT molecular complexity index is 419. The first kappa shape index (κ1) is 13.0. The van der Waals surface area contributed by atoms with Gasteiger partial charge in [0.1, 0.15) is 6.61 Å². The van der Waals surface area contributed by atoms with Crippen molar-refractivity contribution in [3.05, 3.63) is 28.8 Å². The van der Waals surface area contributed by atoms with Crippen LogP contribution in [-0.2, 0) is 9.53 Å². The van der Waals surface area contributed by atoms with Crippen LogP contribution in [0.4, 0.5) is 0 Å². The highest BCUT2D eigenvalue weighted by molar-refractivity contribution is 8.13. The number of thioether (sulfide) groups is 1. The van der Waals surface area contributed by atoms with Crippen LogP contribution in [0.15, 0.2) is 23.1 Å². The number of ether oxygens (including phenoxy) is 1. The van der Waals surface area contributed by atoms with E-state index in [1.54, 1.807) is 0 Å². The van der Waals surface area contributed by atoms with Crippen molar-refractivity contribution >= 4 is 34.4 Å². The molecule has 0 saturated heterocycles. The summed E-state index contributed by atoms with van der Waals surface area (Å²) in [5.41, 5.74) is 0.249. The average Bonchev–Trinajstić information content (AvgIpc) is 2.28. The molecular formula is C10H9ClO4S. The maximum atomic E-state index is 11.4. The third-order valence-electron chi connectivity index (χ3n) is 1.70. The van der Waals surface area contributed by atoms with Crippen molar-refractivity contribution in [1.29, 1.82) is 0 Å². The predicted molar refractivity (Wildman–Crippen MR) is 60.7 cm³/mol. The zero-order valence-electron chi connectivity index (χ0n) is 8.40. The molecule has 0 bridgehead atoms. The van der Waals surface area contributed by atoms with Gasteiger partial charge < -0.3 is 9.84 Å². The van der Waals surface area contributed by atoms with Crippen LogP contribution in [0.25, 0.3) is 0 Å². The summed E-state index contributed by atoms with van der Waals surface area (Å²) in [5, 5.41) is 8.57. The maximum Gasteiger partial charge on any atom is 0.339 e. The number of aliphatic hydroxyl groups excluding tert-OH is 1. The van der Waals surface area contributed by atoms with Gasteiger partial charge in [-0.3, -0.25) is 4.79 Å². The van der Waals surface area contributed by atoms with Crippen LogP contribution in [0, 0.1) is 0 Å². The van der Waals surface area contributed by atoms with Crippen molar-refractivity contribution in [2.24, 2.45) is 0 Å². The van der Waals surface area contributed by atoms with E-state index in [1.165, 1.54) is 25.3 Å². The van der Waals surface area contributed by atoms with Gasteiger partial charge in [0.25, 0.3) is 0 Å². The number of hydrogen-bond donors (Lipinski definition) is 1. The smallest absolute Gasteiger partial charge is 0.339 e. The second kappa shape index (κ2) is 5.89. The molecule has 0 fully saturated rings. The minimum atomic E-state index is -0.599. The van der Waals surface area contributed by atoms with Gasteiger partial charge in [-0.25, -0.2) is 4.79 Å². The number of hydrogen-bond acceptors (Lipinski definition) is 5. The molecule has 86 valence electrons. The van der Waals surface area contributed by atoms with Crippen LogP contribution < -0.4 is 0 Å². The number of esters is 1. The SMILES string of the molecule is COC(=O)c1ccc(Cl)cc1SC(=O)CO. The van der Waals surface area contributed by atoms with Crippen LogP contribution in [0.3, 0.4) is 0 Å². The molecule has 0 aliphatic carbocycles. The molecule has 16 heavy (non-hydrogen) atoms. The molecule has 0 radical (unpaired) electrons. The lowest BCUT2D eigenvalue weighted by atomic mass is 10.2. The Morgan fingerprint density at radius 2 is 2.19 bits per heavy atom. The van der Waals surface area contributed by atoms with E-state index in [0.29, 0.717) is 9.92 Å². The first-order valence-electron chi connectivity index (χ1n) is 4.28. The van der Waals surface area contributed by atoms with Crippen LogP contribution >= 0.6 is 23.4 Å². The lowest BCUT2D eigenvalue weighted by Crippen LogP contribution is -2.05. The largest absolute Gasteiger partial charge is 0.465 e. The fraction of sp³-hybridized carbons (Fsp3) is 0.200. The Morgan fingerprint density at radius 3 is 2.75 bits per heavy atom. The lowest BCUT2D eigenvalue weighted by molar-refractivity contribution is -0.113. The zero-order chi connectivity index (χ0) is 12.1. The van der Waals surface area contributed by atoms with Crippen molar-refractivity contribution in [3.63, 3.8) is 0 Å². The zero-order valence-corrected chi connectivity index (χ0v) is 9.97. The van der Waals surface area contributed by atoms with E-state index in [9.17, 15) is 9.59 Å². The Morgan fingerprint density at radius 1 is 1.50 bits per heavy atom. The van der Waals surface area contributed by atoms with Gasteiger partial charge in [0, 0.05) is 9.92 Å². The van der Waals surface area contributed by atoms with Gasteiger partial charge in [-0.05, 0) is 30.0 Å². The molecule has 1 N–H and O–H groups in total. The highest BCUT2D eigenvalue weighted by atomic mass is 35.5. The molecule has 0 atom stereocenters. The quantitative estimate of drug-likeness (QED) is 0.662. The molecule has 0 amide bonds. The Balaban J connectivity index is 3.08. The summed E-state index contributed by atoms with van der Waals surface area (Å²) in [7, 11) is 1.25.